The Hall–Kier alpha value is -2.90. The fourth-order valence-electron chi connectivity index (χ4n) is 3.97. The first kappa shape index (κ1) is 17.5. The van der Waals surface area contributed by atoms with E-state index < -0.39 is 6.04 Å². The van der Waals surface area contributed by atoms with E-state index in [-0.39, 0.29) is 11.9 Å². The highest BCUT2D eigenvalue weighted by molar-refractivity contribution is 6.24. The van der Waals surface area contributed by atoms with E-state index in [1.807, 2.05) is 35.8 Å². The molecule has 0 bridgehead atoms. The number of imide groups is 1. The highest BCUT2D eigenvalue weighted by Gasteiger charge is 2.54. The van der Waals surface area contributed by atoms with E-state index in [1.54, 1.807) is 14.2 Å². The van der Waals surface area contributed by atoms with E-state index in [2.05, 4.69) is 11.8 Å². The summed E-state index contributed by atoms with van der Waals surface area (Å²) in [4.78, 5) is 35.1. The molecule has 4 rings (SSSR count). The van der Waals surface area contributed by atoms with Gasteiger partial charge in [-0.2, -0.15) is 0 Å². The number of carbonyl (C=O) groups excluding carboxylic acids is 2. The smallest absolute Gasteiger partial charge is 0.397 e. The summed E-state index contributed by atoms with van der Waals surface area (Å²) in [6, 6.07) is 6.94. The molecule has 1 saturated heterocycles. The van der Waals surface area contributed by atoms with Gasteiger partial charge in [-0.15, -0.1) is 0 Å². The Balaban J connectivity index is 1.78. The number of nitrogens with zero attached hydrogens (tertiary/aromatic N) is 5. The minimum Gasteiger partial charge on any atom is -0.497 e. The van der Waals surface area contributed by atoms with Crippen molar-refractivity contribution in [1.82, 2.24) is 9.80 Å². The number of amidine groups is 1. The van der Waals surface area contributed by atoms with Crippen molar-refractivity contribution in [2.24, 2.45) is 10.9 Å². The Morgan fingerprint density at radius 1 is 1.26 bits per heavy atom. The molecule has 0 N–H and O–H groups in total. The molecule has 2 unspecified atom stereocenters. The van der Waals surface area contributed by atoms with E-state index >= 15 is 0 Å². The minimum absolute atomic E-state index is 0.196. The Kier molecular flexibility index (Phi) is 4.13. The lowest BCUT2D eigenvalue weighted by molar-refractivity contribution is -0.545. The van der Waals surface area contributed by atoms with Crippen LogP contribution in [0.1, 0.15) is 13.8 Å². The fraction of sp³-hybridized carbons (Fsp3) is 0.474. The second kappa shape index (κ2) is 6.37. The number of ether oxygens (including phenoxy) is 1. The molecule has 142 valence electrons. The van der Waals surface area contributed by atoms with Gasteiger partial charge in [0.05, 0.1) is 20.2 Å². The number of benzene rings is 1. The largest absolute Gasteiger partial charge is 0.497 e. The molecule has 3 amide bonds. The van der Waals surface area contributed by atoms with Gasteiger partial charge in [0.2, 0.25) is 11.9 Å². The van der Waals surface area contributed by atoms with Gasteiger partial charge in [-0.05, 0) is 31.2 Å². The molecule has 27 heavy (non-hydrogen) atoms. The van der Waals surface area contributed by atoms with Crippen molar-refractivity contribution in [3.8, 4) is 5.75 Å². The van der Waals surface area contributed by atoms with Gasteiger partial charge in [-0.1, -0.05) is 11.9 Å². The SMILES string of the molecule is CCN1C(=O)C2C(=NC3=[N+]2CC(C)CN3c2ccc(OC)cc2)N(C)C1=O. The number of likely N-dealkylation sites (N-methyl/N-ethyl adjacent to an activating group) is 2. The maximum Gasteiger partial charge on any atom is 0.397 e. The second-order valence-electron chi connectivity index (χ2n) is 7.16. The van der Waals surface area contributed by atoms with E-state index in [9.17, 15) is 9.59 Å². The highest BCUT2D eigenvalue weighted by Crippen LogP contribution is 2.28. The number of fused-ring (bicyclic) bond motifs is 2. The fourth-order valence-corrected chi connectivity index (χ4v) is 3.97. The predicted molar refractivity (Wildman–Crippen MR) is 101 cm³/mol. The molecule has 3 heterocycles. The van der Waals surface area contributed by atoms with Gasteiger partial charge in [0.1, 0.15) is 11.4 Å². The summed E-state index contributed by atoms with van der Waals surface area (Å²) in [6.07, 6.45) is 0. The van der Waals surface area contributed by atoms with Gasteiger partial charge in [-0.3, -0.25) is 14.6 Å². The Bertz CT molecular complexity index is 861. The maximum atomic E-state index is 13.0. The van der Waals surface area contributed by atoms with Crippen LogP contribution in [0, 0.1) is 5.92 Å². The predicted octanol–water partition coefficient (Wildman–Crippen LogP) is 1.21. The highest BCUT2D eigenvalue weighted by atomic mass is 16.5. The molecule has 0 spiro atoms. The molecule has 1 fully saturated rings. The van der Waals surface area contributed by atoms with Gasteiger partial charge < -0.3 is 4.74 Å². The summed E-state index contributed by atoms with van der Waals surface area (Å²) >= 11 is 0. The normalized spacial score (nSPS) is 24.9. The zero-order chi connectivity index (χ0) is 19.3. The molecular weight excluding hydrogens is 346 g/mol. The third-order valence-electron chi connectivity index (χ3n) is 5.33. The number of hydrogen-bond donors (Lipinski definition) is 0. The lowest BCUT2D eigenvalue weighted by Gasteiger charge is -2.35. The molecular formula is C19H24N5O3+. The first-order valence-electron chi connectivity index (χ1n) is 9.19. The maximum absolute atomic E-state index is 13.0. The van der Waals surface area contributed by atoms with Crippen LogP contribution in [0.3, 0.4) is 0 Å². The van der Waals surface area contributed by atoms with Crippen molar-refractivity contribution in [3.05, 3.63) is 24.3 Å². The quantitative estimate of drug-likeness (QED) is 0.750. The Morgan fingerprint density at radius 3 is 2.59 bits per heavy atom. The number of amides is 3. The number of urea groups is 1. The van der Waals surface area contributed by atoms with Crippen LogP contribution in [0.25, 0.3) is 0 Å². The molecule has 0 aromatic heterocycles. The summed E-state index contributed by atoms with van der Waals surface area (Å²) < 4.78 is 7.28. The van der Waals surface area contributed by atoms with Crippen LogP contribution in [0.5, 0.6) is 5.75 Å². The first-order chi connectivity index (χ1) is 13.0. The molecule has 8 nitrogen and oxygen atoms in total. The van der Waals surface area contributed by atoms with Crippen LogP contribution in [0.2, 0.25) is 0 Å². The third-order valence-corrected chi connectivity index (χ3v) is 5.33. The zero-order valence-electron chi connectivity index (χ0n) is 16.0. The summed E-state index contributed by atoms with van der Waals surface area (Å²) in [5.74, 6) is 2.17. The second-order valence-corrected chi connectivity index (χ2v) is 7.16. The van der Waals surface area contributed by atoms with E-state index in [4.69, 9.17) is 9.73 Å². The van der Waals surface area contributed by atoms with Crippen molar-refractivity contribution in [3.63, 3.8) is 0 Å². The van der Waals surface area contributed by atoms with Crippen molar-refractivity contribution in [2.45, 2.75) is 19.9 Å². The molecule has 1 aromatic rings. The van der Waals surface area contributed by atoms with E-state index in [1.165, 1.54) is 9.80 Å². The molecule has 2 atom stereocenters. The monoisotopic (exact) mass is 370 g/mol. The van der Waals surface area contributed by atoms with Crippen molar-refractivity contribution >= 4 is 29.4 Å². The molecule has 0 aliphatic carbocycles. The van der Waals surface area contributed by atoms with Crippen molar-refractivity contribution < 1.29 is 18.9 Å². The summed E-state index contributed by atoms with van der Waals surface area (Å²) in [5, 5.41) is 0. The van der Waals surface area contributed by atoms with Crippen LogP contribution in [-0.4, -0.2) is 77.9 Å². The molecule has 0 saturated carbocycles. The van der Waals surface area contributed by atoms with E-state index in [0.717, 1.165) is 30.5 Å². The number of carbonyl (C=O) groups is 2. The first-order valence-corrected chi connectivity index (χ1v) is 9.19. The number of rotatable bonds is 3. The van der Waals surface area contributed by atoms with Crippen LogP contribution >= 0.6 is 0 Å². The topological polar surface area (TPSA) is 68.5 Å². The zero-order valence-corrected chi connectivity index (χ0v) is 16.0. The van der Waals surface area contributed by atoms with Gasteiger partial charge in [0.25, 0.3) is 5.91 Å². The van der Waals surface area contributed by atoms with E-state index in [0.29, 0.717) is 18.3 Å². The van der Waals surface area contributed by atoms with Crippen LogP contribution in [-0.2, 0) is 4.79 Å². The lowest BCUT2D eigenvalue weighted by Crippen LogP contribution is -2.63. The van der Waals surface area contributed by atoms with Gasteiger partial charge in [0, 0.05) is 19.5 Å². The van der Waals surface area contributed by atoms with Crippen LogP contribution < -0.4 is 9.64 Å². The Labute approximate surface area is 158 Å². The molecule has 0 radical (unpaired) electrons. The lowest BCUT2D eigenvalue weighted by atomic mass is 10.1. The number of methoxy groups -OCH3 is 1. The molecule has 8 heteroatoms. The van der Waals surface area contributed by atoms with Gasteiger partial charge >= 0.3 is 12.0 Å². The summed E-state index contributed by atoms with van der Waals surface area (Å²) in [5.41, 5.74) is 0.985. The van der Waals surface area contributed by atoms with Crippen molar-refractivity contribution in [1.29, 1.82) is 0 Å². The summed E-state index contributed by atoms with van der Waals surface area (Å²) in [7, 11) is 3.32. The standard InChI is InChI=1S/C19H24N5O3/c1-5-22-17(25)15-16(21(3)19(22)26)20-18-23(10-12(2)11-24(15)18)13-6-8-14(27-4)9-7-13/h6-9,12,15H,5,10-11H2,1-4H3/q+1. The van der Waals surface area contributed by atoms with Gasteiger partial charge in [0.15, 0.2) is 0 Å². The number of aliphatic imine (C=N–C) groups is 1. The average Bonchev–Trinajstić information content (AvgIpc) is 3.06. The molecule has 3 aliphatic rings. The van der Waals surface area contributed by atoms with Crippen LogP contribution in [0.15, 0.2) is 29.3 Å². The number of guanidine groups is 1. The number of hydrogen-bond acceptors (Lipinski definition) is 5. The minimum atomic E-state index is -0.536. The molecule has 1 aromatic carbocycles. The van der Waals surface area contributed by atoms with Crippen molar-refractivity contribution in [2.75, 3.05) is 38.7 Å². The van der Waals surface area contributed by atoms with Crippen LogP contribution in [0.4, 0.5) is 10.5 Å². The summed E-state index contributed by atoms with van der Waals surface area (Å²) in [6.45, 7) is 5.85. The number of anilines is 1. The average molecular weight is 370 g/mol. The molecule has 3 aliphatic heterocycles. The Morgan fingerprint density at radius 2 is 1.96 bits per heavy atom. The third kappa shape index (κ3) is 2.58. The van der Waals surface area contributed by atoms with Gasteiger partial charge in [-0.25, -0.2) is 14.3 Å².